The Bertz CT molecular complexity index is 1470. The highest BCUT2D eigenvalue weighted by Gasteiger charge is 2.21. The van der Waals surface area contributed by atoms with Crippen molar-refractivity contribution < 1.29 is 28.4 Å². The number of carboxylic acids is 1. The molecule has 4 rings (SSSR count). The van der Waals surface area contributed by atoms with Gasteiger partial charge < -0.3 is 18.7 Å². The lowest BCUT2D eigenvalue weighted by atomic mass is 10.1. The minimum atomic E-state index is -1.27. The second-order valence-corrected chi connectivity index (χ2v) is 8.62. The summed E-state index contributed by atoms with van der Waals surface area (Å²) in [5, 5.41) is 29.4. The third-order valence-corrected chi connectivity index (χ3v) is 5.85. The fraction of sp³-hybridized carbons (Fsp3) is 0.0455. The van der Waals surface area contributed by atoms with Crippen LogP contribution in [0.5, 0.6) is 5.75 Å². The number of aliphatic carboxylic acids is 1. The van der Waals surface area contributed by atoms with Gasteiger partial charge >= 0.3 is 5.97 Å². The Morgan fingerprint density at radius 1 is 1.09 bits per heavy atom. The first kappa shape index (κ1) is 24.3. The molecule has 13 heteroatoms. The molecule has 4 aromatic rings. The van der Waals surface area contributed by atoms with E-state index in [2.05, 4.69) is 10.2 Å². The fourth-order valence-corrected chi connectivity index (χ4v) is 4.00. The standard InChI is InChI=1S/C22H13Cl2N3O7S/c1-32-17-6-3-11(23)8-15(17)20-25-26-22(34-20)35-19(21(28)29)10-13-4-7-18(33-13)14-5-2-12(24)9-16(14)27(30)31/h2-10H,1H3,(H,28,29)/b19-10-. The highest BCUT2D eigenvalue weighted by molar-refractivity contribution is 8.03. The number of benzene rings is 2. The Morgan fingerprint density at radius 2 is 1.83 bits per heavy atom. The maximum atomic E-state index is 11.8. The number of aromatic nitrogens is 2. The third-order valence-electron chi connectivity index (χ3n) is 4.53. The van der Waals surface area contributed by atoms with Gasteiger partial charge in [-0.15, -0.1) is 10.2 Å². The number of halogens is 2. The molecule has 35 heavy (non-hydrogen) atoms. The van der Waals surface area contributed by atoms with E-state index in [1.165, 1.54) is 43.5 Å². The maximum absolute atomic E-state index is 11.8. The summed E-state index contributed by atoms with van der Waals surface area (Å²) in [5.41, 5.74) is 0.395. The largest absolute Gasteiger partial charge is 0.496 e. The third kappa shape index (κ3) is 5.48. The van der Waals surface area contributed by atoms with Crippen LogP contribution >= 0.6 is 35.0 Å². The molecule has 10 nitrogen and oxygen atoms in total. The van der Waals surface area contributed by atoms with E-state index in [0.29, 0.717) is 28.1 Å². The van der Waals surface area contributed by atoms with Gasteiger partial charge in [0, 0.05) is 22.2 Å². The van der Waals surface area contributed by atoms with Gasteiger partial charge in [-0.25, -0.2) is 4.79 Å². The van der Waals surface area contributed by atoms with E-state index in [1.807, 2.05) is 0 Å². The molecule has 0 radical (unpaired) electrons. The van der Waals surface area contributed by atoms with Crippen LogP contribution < -0.4 is 4.74 Å². The SMILES string of the molecule is COc1ccc(Cl)cc1-c1nnc(S/C(=C\c2ccc(-c3ccc(Cl)cc3[N+](=O)[O-])o2)C(=O)O)o1. The molecule has 0 saturated carbocycles. The summed E-state index contributed by atoms with van der Waals surface area (Å²) in [7, 11) is 1.47. The molecule has 178 valence electrons. The van der Waals surface area contributed by atoms with Crippen molar-refractivity contribution >= 4 is 52.7 Å². The Balaban J connectivity index is 1.61. The van der Waals surface area contributed by atoms with Crippen molar-refractivity contribution in [1.29, 1.82) is 0 Å². The molecule has 0 aliphatic rings. The number of ether oxygens (including phenoxy) is 1. The summed E-state index contributed by atoms with van der Waals surface area (Å²) in [5.74, 6) is -0.423. The van der Waals surface area contributed by atoms with Crippen LogP contribution in [0.1, 0.15) is 5.76 Å². The van der Waals surface area contributed by atoms with Gasteiger partial charge in [-0.2, -0.15) is 0 Å². The molecule has 0 amide bonds. The molecule has 2 heterocycles. The van der Waals surface area contributed by atoms with Crippen LogP contribution in [0.4, 0.5) is 5.69 Å². The zero-order valence-corrected chi connectivity index (χ0v) is 19.9. The molecule has 0 unspecified atom stereocenters. The molecule has 1 N–H and O–H groups in total. The minimum Gasteiger partial charge on any atom is -0.496 e. The van der Waals surface area contributed by atoms with E-state index in [4.69, 9.17) is 36.8 Å². The van der Waals surface area contributed by atoms with Crippen LogP contribution in [-0.2, 0) is 4.79 Å². The molecular formula is C22H13Cl2N3O7S. The molecule has 0 aliphatic carbocycles. The van der Waals surface area contributed by atoms with Crippen molar-refractivity contribution in [3.8, 4) is 28.5 Å². The van der Waals surface area contributed by atoms with E-state index in [0.717, 1.165) is 0 Å². The van der Waals surface area contributed by atoms with Gasteiger partial charge in [-0.05, 0) is 54.2 Å². The summed E-state index contributed by atoms with van der Waals surface area (Å²) < 4.78 is 16.5. The molecule has 0 atom stereocenters. The van der Waals surface area contributed by atoms with Crippen LogP contribution in [-0.4, -0.2) is 33.3 Å². The van der Waals surface area contributed by atoms with E-state index in [9.17, 15) is 20.0 Å². The number of hydrogen-bond acceptors (Lipinski definition) is 9. The molecule has 0 spiro atoms. The summed E-state index contributed by atoms with van der Waals surface area (Å²) in [6.07, 6.45) is 1.24. The molecule has 0 saturated heterocycles. The second-order valence-electron chi connectivity index (χ2n) is 6.75. The summed E-state index contributed by atoms with van der Waals surface area (Å²) in [6.45, 7) is 0. The number of nitrogens with zero attached hydrogens (tertiary/aromatic N) is 3. The van der Waals surface area contributed by atoms with E-state index < -0.39 is 10.9 Å². The topological polar surface area (TPSA) is 142 Å². The first-order valence-corrected chi connectivity index (χ1v) is 11.2. The van der Waals surface area contributed by atoms with Crippen LogP contribution in [0, 0.1) is 10.1 Å². The van der Waals surface area contributed by atoms with Crippen LogP contribution in [0.15, 0.2) is 67.5 Å². The van der Waals surface area contributed by atoms with E-state index in [1.54, 1.807) is 18.2 Å². The molecule has 2 aromatic heterocycles. The Hall–Kier alpha value is -3.80. The fourth-order valence-electron chi connectivity index (χ4n) is 3.00. The van der Waals surface area contributed by atoms with Crippen LogP contribution in [0.25, 0.3) is 28.9 Å². The lowest BCUT2D eigenvalue weighted by Crippen LogP contribution is -1.96. The molecule has 0 aliphatic heterocycles. The molecule has 2 aromatic carbocycles. The lowest BCUT2D eigenvalue weighted by molar-refractivity contribution is -0.384. The maximum Gasteiger partial charge on any atom is 0.342 e. The number of furan rings is 1. The van der Waals surface area contributed by atoms with Crippen LogP contribution in [0.2, 0.25) is 10.0 Å². The summed E-state index contributed by atoms with van der Waals surface area (Å²) in [4.78, 5) is 22.4. The number of nitro groups is 1. The first-order valence-electron chi connectivity index (χ1n) is 9.59. The van der Waals surface area contributed by atoms with Gasteiger partial charge in [0.2, 0.25) is 0 Å². The highest BCUT2D eigenvalue weighted by Crippen LogP contribution is 2.37. The quantitative estimate of drug-likeness (QED) is 0.116. The van der Waals surface area contributed by atoms with Crippen molar-refractivity contribution in [3.63, 3.8) is 0 Å². The molecule has 0 fully saturated rings. The smallest absolute Gasteiger partial charge is 0.342 e. The number of hydrogen-bond donors (Lipinski definition) is 1. The predicted octanol–water partition coefficient (Wildman–Crippen LogP) is 6.44. The number of carboxylic acid groups (broad SMARTS) is 1. The normalized spacial score (nSPS) is 11.5. The van der Waals surface area contributed by atoms with Crippen molar-refractivity contribution in [3.05, 3.63) is 79.4 Å². The molecular weight excluding hydrogens is 521 g/mol. The number of rotatable bonds is 8. The Morgan fingerprint density at radius 3 is 2.54 bits per heavy atom. The second kappa shape index (κ2) is 10.2. The number of methoxy groups -OCH3 is 1. The van der Waals surface area contributed by atoms with Crippen LogP contribution in [0.3, 0.4) is 0 Å². The summed E-state index contributed by atoms with van der Waals surface area (Å²) in [6, 6.07) is 12.0. The monoisotopic (exact) mass is 533 g/mol. The van der Waals surface area contributed by atoms with Gasteiger partial charge in [-0.1, -0.05) is 23.2 Å². The Labute approximate surface area is 211 Å². The molecule has 0 bridgehead atoms. The Kier molecular flexibility index (Phi) is 7.10. The first-order chi connectivity index (χ1) is 16.7. The zero-order valence-electron chi connectivity index (χ0n) is 17.6. The zero-order chi connectivity index (χ0) is 25.1. The van der Waals surface area contributed by atoms with E-state index >= 15 is 0 Å². The van der Waals surface area contributed by atoms with E-state index in [-0.39, 0.29) is 43.8 Å². The average molecular weight is 534 g/mol. The lowest BCUT2D eigenvalue weighted by Gasteiger charge is -2.04. The van der Waals surface area contributed by atoms with Crippen molar-refractivity contribution in [2.45, 2.75) is 5.22 Å². The van der Waals surface area contributed by atoms with Crippen molar-refractivity contribution in [1.82, 2.24) is 10.2 Å². The van der Waals surface area contributed by atoms with Gasteiger partial charge in [0.25, 0.3) is 16.8 Å². The predicted molar refractivity (Wildman–Crippen MR) is 129 cm³/mol. The van der Waals surface area contributed by atoms with Gasteiger partial charge in [0.15, 0.2) is 0 Å². The van der Waals surface area contributed by atoms with Crippen molar-refractivity contribution in [2.75, 3.05) is 7.11 Å². The van der Waals surface area contributed by atoms with Gasteiger partial charge in [0.1, 0.15) is 22.2 Å². The van der Waals surface area contributed by atoms with Gasteiger partial charge in [-0.3, -0.25) is 10.1 Å². The van der Waals surface area contributed by atoms with Gasteiger partial charge in [0.05, 0.1) is 23.2 Å². The minimum absolute atomic E-state index is 0.0456. The number of thioether (sulfide) groups is 1. The highest BCUT2D eigenvalue weighted by atomic mass is 35.5. The average Bonchev–Trinajstić information content (AvgIpc) is 3.48. The number of nitro benzene ring substituents is 1. The van der Waals surface area contributed by atoms with Crippen molar-refractivity contribution in [2.24, 2.45) is 0 Å². The number of carbonyl (C=O) groups is 1. The summed E-state index contributed by atoms with van der Waals surface area (Å²) >= 11 is 12.6.